The summed E-state index contributed by atoms with van der Waals surface area (Å²) in [6.07, 6.45) is 8.71. The van der Waals surface area contributed by atoms with E-state index in [0.29, 0.717) is 12.1 Å². The molecule has 0 bridgehead atoms. The number of allylic oxidation sites excluding steroid dienone is 2. The van der Waals surface area contributed by atoms with Crippen LogP contribution in [0.1, 0.15) is 31.0 Å². The van der Waals surface area contributed by atoms with Gasteiger partial charge in [-0.05, 0) is 63.7 Å². The standard InChI is InChI=1S/C30H30N3O/c1-6-9-19(2)23-15-12-22-13-16-24-25-14-11-20(3)32-30(25)34-29(24)28(22)27-10-7-8-17-33(27)21(4)18-26(23)31-5/h6-11,13-14,16-17,23,26H,2,4-5,12,15,18H2,1,3H3/q+1/b9-6-. The highest BCUT2D eigenvalue weighted by molar-refractivity contribution is 6.08. The molecule has 0 radical (unpaired) electrons. The van der Waals surface area contributed by atoms with Crippen molar-refractivity contribution in [3.63, 3.8) is 0 Å². The third-order valence-corrected chi connectivity index (χ3v) is 6.91. The lowest BCUT2D eigenvalue weighted by Gasteiger charge is -2.26. The molecule has 3 aromatic heterocycles. The smallest absolute Gasteiger partial charge is 0.227 e. The number of nitrogens with zero attached hydrogens (tertiary/aromatic N) is 3. The van der Waals surface area contributed by atoms with Gasteiger partial charge < -0.3 is 4.42 Å². The quantitative estimate of drug-likeness (QED) is 0.195. The van der Waals surface area contributed by atoms with Crippen molar-refractivity contribution in [1.29, 1.82) is 0 Å². The Bertz CT molecular complexity index is 1470. The topological polar surface area (TPSA) is 42.3 Å². The molecule has 4 heterocycles. The van der Waals surface area contributed by atoms with E-state index in [1.165, 1.54) is 5.56 Å². The Morgan fingerprint density at radius 2 is 2.00 bits per heavy atom. The fourth-order valence-electron chi connectivity index (χ4n) is 5.21. The van der Waals surface area contributed by atoms with Gasteiger partial charge in [0.25, 0.3) is 0 Å². The lowest BCUT2D eigenvalue weighted by atomic mass is 9.82. The molecule has 0 N–H and O–H groups in total. The van der Waals surface area contributed by atoms with Crippen LogP contribution in [0.5, 0.6) is 0 Å². The van der Waals surface area contributed by atoms with E-state index in [0.717, 1.165) is 57.4 Å². The molecule has 0 aliphatic carbocycles. The van der Waals surface area contributed by atoms with Gasteiger partial charge in [0.15, 0.2) is 17.5 Å². The molecule has 5 rings (SSSR count). The molecular weight excluding hydrogens is 418 g/mol. The highest BCUT2D eigenvalue weighted by Gasteiger charge is 2.31. The van der Waals surface area contributed by atoms with E-state index in [2.05, 4.69) is 77.0 Å². The number of furan rings is 1. The molecule has 0 saturated heterocycles. The van der Waals surface area contributed by atoms with Crippen LogP contribution in [0.3, 0.4) is 0 Å². The molecule has 2 unspecified atom stereocenters. The van der Waals surface area contributed by atoms with E-state index in [-0.39, 0.29) is 12.0 Å². The first-order valence-corrected chi connectivity index (χ1v) is 11.8. The van der Waals surface area contributed by atoms with Crippen LogP contribution in [0.2, 0.25) is 0 Å². The highest BCUT2D eigenvalue weighted by atomic mass is 16.3. The van der Waals surface area contributed by atoms with E-state index in [1.807, 2.05) is 32.1 Å². The summed E-state index contributed by atoms with van der Waals surface area (Å²) in [7, 11) is 0. The molecule has 34 heavy (non-hydrogen) atoms. The molecule has 0 saturated carbocycles. The maximum Gasteiger partial charge on any atom is 0.227 e. The van der Waals surface area contributed by atoms with Crippen molar-refractivity contribution in [1.82, 2.24) is 4.98 Å². The van der Waals surface area contributed by atoms with Crippen LogP contribution in [-0.4, -0.2) is 17.7 Å². The number of fused-ring (bicyclic) bond motifs is 7. The van der Waals surface area contributed by atoms with Gasteiger partial charge in [-0.15, -0.1) is 0 Å². The Kier molecular flexibility index (Phi) is 5.74. The lowest BCUT2D eigenvalue weighted by Crippen LogP contribution is -2.37. The van der Waals surface area contributed by atoms with E-state index >= 15 is 0 Å². The molecule has 1 aromatic carbocycles. The highest BCUT2D eigenvalue weighted by Crippen LogP contribution is 2.39. The normalized spacial score (nSPS) is 18.7. The van der Waals surface area contributed by atoms with Crippen molar-refractivity contribution in [3.05, 3.63) is 90.8 Å². The van der Waals surface area contributed by atoms with E-state index in [1.54, 1.807) is 0 Å². The third-order valence-electron chi connectivity index (χ3n) is 6.91. The number of aliphatic imine (C=N–C) groups is 1. The second-order valence-corrected chi connectivity index (χ2v) is 9.08. The minimum Gasteiger partial charge on any atom is -0.437 e. The number of aryl methyl sites for hydroxylation is 2. The van der Waals surface area contributed by atoms with Crippen LogP contribution in [0, 0.1) is 12.8 Å². The van der Waals surface area contributed by atoms with Gasteiger partial charge in [0.2, 0.25) is 11.4 Å². The lowest BCUT2D eigenvalue weighted by molar-refractivity contribution is -0.571. The number of hydrogen-bond donors (Lipinski definition) is 0. The number of benzene rings is 1. The summed E-state index contributed by atoms with van der Waals surface area (Å²) in [5.41, 5.74) is 7.96. The molecule has 2 atom stereocenters. The van der Waals surface area contributed by atoms with Crippen LogP contribution >= 0.6 is 0 Å². The predicted octanol–water partition coefficient (Wildman–Crippen LogP) is 6.87. The van der Waals surface area contributed by atoms with Gasteiger partial charge in [0.05, 0.1) is 18.0 Å². The van der Waals surface area contributed by atoms with Crippen LogP contribution in [0.4, 0.5) is 0 Å². The molecule has 4 nitrogen and oxygen atoms in total. The summed E-state index contributed by atoms with van der Waals surface area (Å²) in [6, 6.07) is 14.8. The molecule has 170 valence electrons. The summed E-state index contributed by atoms with van der Waals surface area (Å²) in [5.74, 6) is 0.180. The number of hydrogen-bond acceptors (Lipinski definition) is 3. The van der Waals surface area contributed by atoms with Gasteiger partial charge in [-0.25, -0.2) is 4.98 Å². The second kappa shape index (κ2) is 8.86. The zero-order valence-electron chi connectivity index (χ0n) is 19.9. The summed E-state index contributed by atoms with van der Waals surface area (Å²) >= 11 is 0. The maximum atomic E-state index is 6.44. The largest absolute Gasteiger partial charge is 0.437 e. The number of aromatic nitrogens is 2. The van der Waals surface area contributed by atoms with E-state index in [4.69, 9.17) is 4.42 Å². The van der Waals surface area contributed by atoms with Crippen molar-refractivity contribution >= 4 is 34.5 Å². The minimum atomic E-state index is 0.0143. The number of pyridine rings is 2. The Labute approximate surface area is 200 Å². The third kappa shape index (κ3) is 3.69. The maximum absolute atomic E-state index is 6.44. The molecular formula is C30H30N3O+. The zero-order chi connectivity index (χ0) is 23.8. The summed E-state index contributed by atoms with van der Waals surface area (Å²) in [6.45, 7) is 16.8. The molecule has 4 heteroatoms. The van der Waals surface area contributed by atoms with Crippen molar-refractivity contribution in [2.24, 2.45) is 10.9 Å². The van der Waals surface area contributed by atoms with Gasteiger partial charge in [0.1, 0.15) is 0 Å². The fraction of sp³-hybridized carbons (Fsp3) is 0.233. The van der Waals surface area contributed by atoms with Crippen LogP contribution < -0.4 is 4.57 Å². The summed E-state index contributed by atoms with van der Waals surface area (Å²) in [5, 5.41) is 2.12. The van der Waals surface area contributed by atoms with Gasteiger partial charge in [-0.2, -0.15) is 4.57 Å². The Balaban J connectivity index is 1.78. The molecule has 0 fully saturated rings. The van der Waals surface area contributed by atoms with Gasteiger partial charge in [-0.3, -0.25) is 4.99 Å². The SMILES string of the molecule is C=NC1CC(=C)[n+]2ccccc2-c2c(ccc3c2oc2nc(C)ccc23)CCC1C(=C)/C=C\C. The zero-order valence-corrected chi connectivity index (χ0v) is 19.9. The first-order valence-electron chi connectivity index (χ1n) is 11.8. The van der Waals surface area contributed by atoms with E-state index in [9.17, 15) is 0 Å². The van der Waals surface area contributed by atoms with Gasteiger partial charge in [-0.1, -0.05) is 36.4 Å². The average molecular weight is 449 g/mol. The van der Waals surface area contributed by atoms with Crippen LogP contribution in [0.15, 0.2) is 89.0 Å². The summed E-state index contributed by atoms with van der Waals surface area (Å²) in [4.78, 5) is 9.18. The monoisotopic (exact) mass is 448 g/mol. The first kappa shape index (κ1) is 22.0. The molecule has 0 spiro atoms. The van der Waals surface area contributed by atoms with Crippen LogP contribution in [-0.2, 0) is 6.42 Å². The Morgan fingerprint density at radius 3 is 2.79 bits per heavy atom. The van der Waals surface area contributed by atoms with E-state index < -0.39 is 0 Å². The van der Waals surface area contributed by atoms with Crippen molar-refractivity contribution < 1.29 is 8.98 Å². The molecule has 1 aliphatic heterocycles. The van der Waals surface area contributed by atoms with Gasteiger partial charge in [0, 0.05) is 34.5 Å². The Morgan fingerprint density at radius 1 is 1.18 bits per heavy atom. The first-order chi connectivity index (χ1) is 16.5. The predicted molar refractivity (Wildman–Crippen MR) is 141 cm³/mol. The van der Waals surface area contributed by atoms with Crippen molar-refractivity contribution in [2.45, 2.75) is 39.2 Å². The minimum absolute atomic E-state index is 0.0143. The van der Waals surface area contributed by atoms with Crippen LogP contribution in [0.25, 0.3) is 39.0 Å². The molecule has 1 aliphatic rings. The Hall–Kier alpha value is -3.79. The summed E-state index contributed by atoms with van der Waals surface area (Å²) < 4.78 is 8.61. The van der Waals surface area contributed by atoms with Crippen molar-refractivity contribution in [2.75, 3.05) is 0 Å². The average Bonchev–Trinajstić information content (AvgIpc) is 3.20. The second-order valence-electron chi connectivity index (χ2n) is 9.08. The fourth-order valence-corrected chi connectivity index (χ4v) is 5.21. The van der Waals surface area contributed by atoms with Gasteiger partial charge >= 0.3 is 0 Å². The van der Waals surface area contributed by atoms with Crippen molar-refractivity contribution in [3.8, 4) is 11.3 Å². The number of rotatable bonds is 3. The molecule has 4 aromatic rings. The molecule has 0 amide bonds.